The Labute approximate surface area is 65.4 Å². The Balaban J connectivity index is 3.84. The lowest BCUT2D eigenvalue weighted by molar-refractivity contribution is -0.141. The van der Waals surface area contributed by atoms with Crippen LogP contribution in [-0.4, -0.2) is 17.0 Å². The fourth-order valence-electron chi connectivity index (χ4n) is 0.747. The summed E-state index contributed by atoms with van der Waals surface area (Å²) in [6, 6.07) is 0. The summed E-state index contributed by atoms with van der Waals surface area (Å²) in [6.07, 6.45) is 0.310. The summed E-state index contributed by atoms with van der Waals surface area (Å²) in [7, 11) is 0. The van der Waals surface area contributed by atoms with E-state index in [-0.39, 0.29) is 5.92 Å². The molecule has 0 rings (SSSR count). The highest BCUT2D eigenvalue weighted by Gasteiger charge is 2.17. The van der Waals surface area contributed by atoms with Crippen molar-refractivity contribution in [2.24, 2.45) is 17.6 Å². The number of hydrogen-bond donors (Lipinski definition) is 2. The van der Waals surface area contributed by atoms with E-state index in [2.05, 4.69) is 0 Å². The molecular formula is C7H13NO3. The van der Waals surface area contributed by atoms with Gasteiger partial charge in [-0.15, -0.1) is 0 Å². The minimum Gasteiger partial charge on any atom is -0.481 e. The van der Waals surface area contributed by atoms with E-state index < -0.39 is 17.8 Å². The van der Waals surface area contributed by atoms with Crippen molar-refractivity contribution in [2.45, 2.75) is 20.3 Å². The first-order valence-corrected chi connectivity index (χ1v) is 3.47. The molecule has 2 atom stereocenters. The first-order chi connectivity index (χ1) is 4.95. The maximum absolute atomic E-state index is 10.5. The van der Waals surface area contributed by atoms with Gasteiger partial charge in [0.1, 0.15) is 0 Å². The fourth-order valence-corrected chi connectivity index (χ4v) is 0.747. The van der Waals surface area contributed by atoms with E-state index >= 15 is 0 Å². The van der Waals surface area contributed by atoms with E-state index in [1.54, 1.807) is 13.8 Å². The third-order valence-corrected chi connectivity index (χ3v) is 1.61. The van der Waals surface area contributed by atoms with Gasteiger partial charge in [0.05, 0.1) is 5.92 Å². The van der Waals surface area contributed by atoms with Gasteiger partial charge >= 0.3 is 5.97 Å². The second-order valence-electron chi connectivity index (χ2n) is 2.78. The van der Waals surface area contributed by atoms with Gasteiger partial charge < -0.3 is 10.8 Å². The number of carboxylic acid groups (broad SMARTS) is 1. The average Bonchev–Trinajstić information content (AvgIpc) is 1.87. The Morgan fingerprint density at radius 3 is 2.09 bits per heavy atom. The molecule has 2 unspecified atom stereocenters. The topological polar surface area (TPSA) is 80.4 Å². The molecule has 0 aliphatic heterocycles. The van der Waals surface area contributed by atoms with Crippen LogP contribution in [0.4, 0.5) is 0 Å². The molecule has 4 heteroatoms. The number of hydrogen-bond acceptors (Lipinski definition) is 2. The lowest BCUT2D eigenvalue weighted by Crippen LogP contribution is -2.24. The fraction of sp³-hybridized carbons (Fsp3) is 0.714. The van der Waals surface area contributed by atoms with Gasteiger partial charge in [-0.2, -0.15) is 0 Å². The summed E-state index contributed by atoms with van der Waals surface area (Å²) in [4.78, 5) is 20.8. The normalized spacial score (nSPS) is 15.5. The minimum absolute atomic E-state index is 0.310. The molecule has 0 fully saturated rings. The maximum atomic E-state index is 10.5. The van der Waals surface area contributed by atoms with Crippen molar-refractivity contribution in [3.63, 3.8) is 0 Å². The van der Waals surface area contributed by atoms with Crippen LogP contribution in [0.25, 0.3) is 0 Å². The summed E-state index contributed by atoms with van der Waals surface area (Å²) in [6.45, 7) is 3.18. The first-order valence-electron chi connectivity index (χ1n) is 3.47. The summed E-state index contributed by atoms with van der Waals surface area (Å²) in [5.74, 6) is -2.20. The van der Waals surface area contributed by atoms with Crippen LogP contribution in [0, 0.1) is 11.8 Å². The van der Waals surface area contributed by atoms with E-state index in [0.29, 0.717) is 6.42 Å². The van der Waals surface area contributed by atoms with E-state index in [1.165, 1.54) is 0 Å². The number of amides is 1. The predicted molar refractivity (Wildman–Crippen MR) is 39.8 cm³/mol. The zero-order valence-electron chi connectivity index (χ0n) is 6.70. The Kier molecular flexibility index (Phi) is 3.57. The van der Waals surface area contributed by atoms with Gasteiger partial charge in [-0.05, 0) is 6.42 Å². The van der Waals surface area contributed by atoms with Crippen molar-refractivity contribution in [1.29, 1.82) is 0 Å². The molecule has 0 aromatic carbocycles. The van der Waals surface area contributed by atoms with Gasteiger partial charge in [0.2, 0.25) is 5.91 Å². The van der Waals surface area contributed by atoms with Crippen LogP contribution in [0.3, 0.4) is 0 Å². The number of rotatable bonds is 4. The number of carbonyl (C=O) groups excluding carboxylic acids is 1. The highest BCUT2D eigenvalue weighted by Crippen LogP contribution is 2.10. The van der Waals surface area contributed by atoms with Crippen LogP contribution in [0.1, 0.15) is 20.3 Å². The molecular weight excluding hydrogens is 146 g/mol. The Bertz CT molecular complexity index is 149. The van der Waals surface area contributed by atoms with E-state index in [0.717, 1.165) is 0 Å². The summed E-state index contributed by atoms with van der Waals surface area (Å²) < 4.78 is 0. The van der Waals surface area contributed by atoms with Gasteiger partial charge in [0.15, 0.2) is 0 Å². The molecule has 11 heavy (non-hydrogen) atoms. The van der Waals surface area contributed by atoms with Crippen molar-refractivity contribution in [3.8, 4) is 0 Å². The monoisotopic (exact) mass is 159 g/mol. The number of carboxylic acids is 1. The summed E-state index contributed by atoms with van der Waals surface area (Å²) in [5.41, 5.74) is 4.95. The smallest absolute Gasteiger partial charge is 0.306 e. The molecule has 3 N–H and O–H groups in total. The van der Waals surface area contributed by atoms with Crippen molar-refractivity contribution in [1.82, 2.24) is 0 Å². The number of carbonyl (C=O) groups is 2. The molecule has 64 valence electrons. The maximum Gasteiger partial charge on any atom is 0.306 e. The van der Waals surface area contributed by atoms with Crippen molar-refractivity contribution in [3.05, 3.63) is 0 Å². The van der Waals surface area contributed by atoms with Crippen molar-refractivity contribution >= 4 is 11.9 Å². The Morgan fingerprint density at radius 2 is 1.82 bits per heavy atom. The summed E-state index contributed by atoms with van der Waals surface area (Å²) in [5, 5.41) is 8.46. The molecule has 0 saturated heterocycles. The van der Waals surface area contributed by atoms with Gasteiger partial charge in [0.25, 0.3) is 0 Å². The Morgan fingerprint density at radius 1 is 1.36 bits per heavy atom. The first kappa shape index (κ1) is 9.94. The summed E-state index contributed by atoms with van der Waals surface area (Å²) >= 11 is 0. The number of nitrogens with two attached hydrogens (primary N) is 1. The second-order valence-corrected chi connectivity index (χ2v) is 2.78. The van der Waals surface area contributed by atoms with E-state index in [4.69, 9.17) is 10.8 Å². The van der Waals surface area contributed by atoms with Gasteiger partial charge in [0, 0.05) is 5.92 Å². The highest BCUT2D eigenvalue weighted by atomic mass is 16.4. The molecule has 0 heterocycles. The standard InChI is InChI=1S/C7H13NO3/c1-4(6(8)9)3-5(2)7(10)11/h4-5H,3H2,1-2H3,(H2,8,9)(H,10,11). The third kappa shape index (κ3) is 3.60. The lowest BCUT2D eigenvalue weighted by atomic mass is 9.97. The van der Waals surface area contributed by atoms with E-state index in [1.807, 2.05) is 0 Å². The largest absolute Gasteiger partial charge is 0.481 e. The van der Waals surface area contributed by atoms with Crippen LogP contribution in [-0.2, 0) is 9.59 Å². The van der Waals surface area contributed by atoms with Crippen molar-refractivity contribution < 1.29 is 14.7 Å². The third-order valence-electron chi connectivity index (χ3n) is 1.61. The highest BCUT2D eigenvalue weighted by molar-refractivity contribution is 5.77. The van der Waals surface area contributed by atoms with Crippen LogP contribution < -0.4 is 5.73 Å². The molecule has 4 nitrogen and oxygen atoms in total. The number of aliphatic carboxylic acids is 1. The van der Waals surface area contributed by atoms with Crippen LogP contribution >= 0.6 is 0 Å². The van der Waals surface area contributed by atoms with E-state index in [9.17, 15) is 9.59 Å². The molecule has 0 saturated carbocycles. The SMILES string of the molecule is CC(CC(C)C(=O)O)C(N)=O. The molecule has 1 amide bonds. The second kappa shape index (κ2) is 3.95. The molecule has 0 aliphatic rings. The molecule has 0 aromatic heterocycles. The predicted octanol–water partition coefficient (Wildman–Crippen LogP) is 0.219. The van der Waals surface area contributed by atoms with Crippen molar-refractivity contribution in [2.75, 3.05) is 0 Å². The zero-order chi connectivity index (χ0) is 9.02. The molecule has 0 radical (unpaired) electrons. The average molecular weight is 159 g/mol. The lowest BCUT2D eigenvalue weighted by Gasteiger charge is -2.09. The minimum atomic E-state index is -0.891. The number of primary amides is 1. The zero-order valence-corrected chi connectivity index (χ0v) is 6.70. The van der Waals surface area contributed by atoms with Gasteiger partial charge in [-0.1, -0.05) is 13.8 Å². The quantitative estimate of drug-likeness (QED) is 0.615. The van der Waals surface area contributed by atoms with Gasteiger partial charge in [-0.3, -0.25) is 9.59 Å². The van der Waals surface area contributed by atoms with Crippen LogP contribution in [0.5, 0.6) is 0 Å². The Hall–Kier alpha value is -1.06. The van der Waals surface area contributed by atoms with Crippen LogP contribution in [0.15, 0.2) is 0 Å². The van der Waals surface area contributed by atoms with Crippen LogP contribution in [0.2, 0.25) is 0 Å². The molecule has 0 aromatic rings. The molecule has 0 aliphatic carbocycles. The molecule has 0 bridgehead atoms. The van der Waals surface area contributed by atoms with Gasteiger partial charge in [-0.25, -0.2) is 0 Å². The molecule has 0 spiro atoms.